The maximum Gasteiger partial charge on any atom is 0.347 e. The number of carbonyl (C=O) groups excluding carboxylic acids is 1. The fourth-order valence-electron chi connectivity index (χ4n) is 1.83. The molecule has 0 fully saturated rings. The number of nitrogens with one attached hydrogen (secondary N) is 1. The lowest BCUT2D eigenvalue weighted by atomic mass is 10.2. The summed E-state index contributed by atoms with van der Waals surface area (Å²) in [6.07, 6.45) is 6.25. The van der Waals surface area contributed by atoms with Crippen molar-refractivity contribution in [1.29, 1.82) is 0 Å². The number of anilines is 1. The third-order valence-electron chi connectivity index (χ3n) is 3.39. The van der Waals surface area contributed by atoms with E-state index >= 15 is 0 Å². The Morgan fingerprint density at radius 3 is 2.78 bits per heavy atom. The Labute approximate surface area is 136 Å². The van der Waals surface area contributed by atoms with E-state index in [2.05, 4.69) is 17.3 Å². The van der Waals surface area contributed by atoms with Crippen LogP contribution >= 0.6 is 0 Å². The largest absolute Gasteiger partial charge is 0.477 e. The van der Waals surface area contributed by atoms with Crippen molar-refractivity contribution in [3.8, 4) is 0 Å². The first-order valence-corrected chi connectivity index (χ1v) is 7.92. The molecule has 1 unspecified atom stereocenters. The fourth-order valence-corrected chi connectivity index (χ4v) is 1.83. The van der Waals surface area contributed by atoms with Gasteiger partial charge >= 0.3 is 11.9 Å². The minimum absolute atomic E-state index is 0.329. The first kappa shape index (κ1) is 18.7. The number of unbranched alkanes of at least 4 members (excludes halogenated alkanes) is 2. The molecule has 0 aliphatic rings. The third kappa shape index (κ3) is 6.14. The molecule has 0 aromatic carbocycles. The van der Waals surface area contributed by atoms with Gasteiger partial charge in [-0.15, -0.1) is 0 Å². The highest BCUT2D eigenvalue weighted by molar-refractivity contribution is 6.13. The van der Waals surface area contributed by atoms with Gasteiger partial charge in [0.15, 0.2) is 5.57 Å². The smallest absolute Gasteiger partial charge is 0.347 e. The van der Waals surface area contributed by atoms with Crippen LogP contribution in [0.3, 0.4) is 0 Å². The monoisotopic (exact) mass is 323 g/mol. The topological polar surface area (TPSA) is 93.5 Å². The summed E-state index contributed by atoms with van der Waals surface area (Å²) in [5.74, 6) is -1.55. The summed E-state index contributed by atoms with van der Waals surface area (Å²) in [6, 6.07) is 1.72. The fraction of sp³-hybridized carbons (Fsp3) is 0.562. The summed E-state index contributed by atoms with van der Waals surface area (Å²) in [4.78, 5) is 23.1. The van der Waals surface area contributed by atoms with Crippen molar-refractivity contribution in [1.82, 2.24) is 9.78 Å². The summed E-state index contributed by atoms with van der Waals surface area (Å²) in [5.41, 5.74) is -0.438. The van der Waals surface area contributed by atoms with E-state index in [0.717, 1.165) is 32.0 Å². The van der Waals surface area contributed by atoms with E-state index in [9.17, 15) is 9.59 Å². The summed E-state index contributed by atoms with van der Waals surface area (Å²) >= 11 is 0. The zero-order chi connectivity index (χ0) is 17.2. The maximum atomic E-state index is 11.9. The molecule has 7 nitrogen and oxygen atoms in total. The number of aliphatic carboxylic acids is 1. The molecule has 0 radical (unpaired) electrons. The van der Waals surface area contributed by atoms with Crippen LogP contribution in [0.1, 0.15) is 46.5 Å². The standard InChI is InChI=1S/C16H25N3O4/c1-4-6-7-10-19-14(8-9-18-19)17-11-13(15(20)21)16(22)23-12(3)5-2/h8-9,11-12,17H,4-7,10H2,1-3H3,(H,20,21). The molecule has 0 bridgehead atoms. The summed E-state index contributed by atoms with van der Waals surface area (Å²) in [5, 5.41) is 16.2. The number of esters is 1. The zero-order valence-corrected chi connectivity index (χ0v) is 13.9. The van der Waals surface area contributed by atoms with Gasteiger partial charge in [0.05, 0.1) is 12.3 Å². The number of hydrogen-bond donors (Lipinski definition) is 2. The van der Waals surface area contributed by atoms with Crippen molar-refractivity contribution in [2.75, 3.05) is 5.32 Å². The average molecular weight is 323 g/mol. The van der Waals surface area contributed by atoms with Gasteiger partial charge in [0.2, 0.25) is 0 Å². The molecule has 7 heteroatoms. The number of aromatic nitrogens is 2. The number of carboxylic acid groups (broad SMARTS) is 1. The third-order valence-corrected chi connectivity index (χ3v) is 3.39. The summed E-state index contributed by atoms with van der Waals surface area (Å²) in [6.45, 7) is 6.42. The SMILES string of the molecule is CCCCCn1nccc1NC=C(C(=O)O)C(=O)OC(C)CC. The number of ether oxygens (including phenoxy) is 1. The Balaban J connectivity index is 2.76. The minimum atomic E-state index is -1.33. The number of rotatable bonds is 10. The molecule has 1 heterocycles. The van der Waals surface area contributed by atoms with E-state index in [0.29, 0.717) is 12.2 Å². The van der Waals surface area contributed by atoms with Gasteiger partial charge in [0.25, 0.3) is 0 Å². The number of nitrogens with zero attached hydrogens (tertiary/aromatic N) is 2. The van der Waals surface area contributed by atoms with Crippen LogP contribution in [-0.2, 0) is 20.9 Å². The predicted octanol–water partition coefficient (Wildman–Crippen LogP) is 2.80. The zero-order valence-electron chi connectivity index (χ0n) is 13.9. The molecule has 0 spiro atoms. The summed E-state index contributed by atoms with van der Waals surface area (Å²) in [7, 11) is 0. The van der Waals surface area contributed by atoms with Gasteiger partial charge in [-0.3, -0.25) is 0 Å². The minimum Gasteiger partial charge on any atom is -0.477 e. The van der Waals surface area contributed by atoms with E-state index < -0.39 is 17.5 Å². The number of hydrogen-bond acceptors (Lipinski definition) is 5. The van der Waals surface area contributed by atoms with Crippen LogP contribution in [0, 0.1) is 0 Å². The molecule has 1 rings (SSSR count). The molecule has 0 aliphatic heterocycles. The Kier molecular flexibility index (Phi) is 7.87. The van der Waals surface area contributed by atoms with Crippen LogP contribution in [0.25, 0.3) is 0 Å². The van der Waals surface area contributed by atoms with Crippen LogP contribution in [-0.4, -0.2) is 32.9 Å². The van der Waals surface area contributed by atoms with Gasteiger partial charge in [0.1, 0.15) is 5.82 Å². The Morgan fingerprint density at radius 2 is 2.17 bits per heavy atom. The lowest BCUT2D eigenvalue weighted by Crippen LogP contribution is -2.21. The lowest BCUT2D eigenvalue weighted by Gasteiger charge is -2.11. The molecular weight excluding hydrogens is 298 g/mol. The highest BCUT2D eigenvalue weighted by atomic mass is 16.5. The number of aryl methyl sites for hydroxylation is 1. The van der Waals surface area contributed by atoms with Crippen molar-refractivity contribution in [2.24, 2.45) is 0 Å². The van der Waals surface area contributed by atoms with E-state index in [-0.39, 0.29) is 6.10 Å². The lowest BCUT2D eigenvalue weighted by molar-refractivity contribution is -0.147. The van der Waals surface area contributed by atoms with Crippen molar-refractivity contribution in [2.45, 2.75) is 59.1 Å². The molecule has 0 amide bonds. The van der Waals surface area contributed by atoms with Crippen LogP contribution in [0.2, 0.25) is 0 Å². The Morgan fingerprint density at radius 1 is 1.43 bits per heavy atom. The molecule has 1 aromatic rings. The van der Waals surface area contributed by atoms with Gasteiger partial charge in [0, 0.05) is 18.8 Å². The van der Waals surface area contributed by atoms with Crippen LogP contribution in [0.4, 0.5) is 5.82 Å². The average Bonchev–Trinajstić information content (AvgIpc) is 2.94. The van der Waals surface area contributed by atoms with Gasteiger partial charge in [-0.2, -0.15) is 5.10 Å². The van der Waals surface area contributed by atoms with E-state index in [1.54, 1.807) is 23.9 Å². The second-order valence-electron chi connectivity index (χ2n) is 5.28. The molecule has 0 saturated carbocycles. The predicted molar refractivity (Wildman–Crippen MR) is 86.9 cm³/mol. The van der Waals surface area contributed by atoms with Crippen molar-refractivity contribution >= 4 is 17.8 Å². The Hall–Kier alpha value is -2.31. The highest BCUT2D eigenvalue weighted by Gasteiger charge is 2.21. The van der Waals surface area contributed by atoms with E-state index in [1.807, 2.05) is 6.92 Å². The molecular formula is C16H25N3O4. The van der Waals surface area contributed by atoms with Gasteiger partial charge in [-0.05, 0) is 19.8 Å². The van der Waals surface area contributed by atoms with Gasteiger partial charge < -0.3 is 15.2 Å². The van der Waals surface area contributed by atoms with Crippen LogP contribution < -0.4 is 5.32 Å². The van der Waals surface area contributed by atoms with E-state index in [4.69, 9.17) is 9.84 Å². The molecule has 2 N–H and O–H groups in total. The second kappa shape index (κ2) is 9.66. The quantitative estimate of drug-likeness (QED) is 0.226. The molecule has 1 atom stereocenters. The normalized spacial score (nSPS) is 12.7. The van der Waals surface area contributed by atoms with Crippen LogP contribution in [0.15, 0.2) is 24.0 Å². The molecule has 23 heavy (non-hydrogen) atoms. The number of carbonyl (C=O) groups is 2. The molecule has 1 aromatic heterocycles. The molecule has 0 saturated heterocycles. The van der Waals surface area contributed by atoms with E-state index in [1.165, 1.54) is 0 Å². The number of carboxylic acids is 1. The van der Waals surface area contributed by atoms with Crippen molar-refractivity contribution in [3.63, 3.8) is 0 Å². The molecule has 128 valence electrons. The van der Waals surface area contributed by atoms with Crippen LogP contribution in [0.5, 0.6) is 0 Å². The summed E-state index contributed by atoms with van der Waals surface area (Å²) < 4.78 is 6.79. The van der Waals surface area contributed by atoms with Gasteiger partial charge in [-0.25, -0.2) is 14.3 Å². The van der Waals surface area contributed by atoms with Crippen molar-refractivity contribution < 1.29 is 19.4 Å². The maximum absolute atomic E-state index is 11.9. The second-order valence-corrected chi connectivity index (χ2v) is 5.28. The first-order valence-electron chi connectivity index (χ1n) is 7.92. The molecule has 0 aliphatic carbocycles. The first-order chi connectivity index (χ1) is 11.0. The van der Waals surface area contributed by atoms with Gasteiger partial charge in [-0.1, -0.05) is 26.7 Å². The Bertz CT molecular complexity index is 551. The highest BCUT2D eigenvalue weighted by Crippen LogP contribution is 2.11. The van der Waals surface area contributed by atoms with Crippen molar-refractivity contribution in [3.05, 3.63) is 24.0 Å².